The first kappa shape index (κ1) is 27.4. The zero-order valence-corrected chi connectivity index (χ0v) is 23.3. The quantitative estimate of drug-likeness (QED) is 0.277. The predicted octanol–water partition coefficient (Wildman–Crippen LogP) is 6.32. The number of aromatic nitrogens is 2. The highest BCUT2D eigenvalue weighted by atomic mass is 35.5. The number of rotatable bonds is 9. The Bertz CT molecular complexity index is 1360. The van der Waals surface area contributed by atoms with Crippen molar-refractivity contribution in [1.29, 1.82) is 0 Å². The summed E-state index contributed by atoms with van der Waals surface area (Å²) in [6.07, 6.45) is 3.48. The molecule has 0 amide bonds. The Morgan fingerprint density at radius 2 is 1.81 bits per heavy atom. The van der Waals surface area contributed by atoms with Gasteiger partial charge in [-0.05, 0) is 82.4 Å². The van der Waals surface area contributed by atoms with E-state index in [4.69, 9.17) is 27.9 Å². The van der Waals surface area contributed by atoms with E-state index in [1.807, 2.05) is 19.1 Å². The summed E-state index contributed by atoms with van der Waals surface area (Å²) < 4.78 is 31.6. The van der Waals surface area contributed by atoms with E-state index >= 15 is 0 Å². The second-order valence-corrected chi connectivity index (χ2v) is 12.3. The van der Waals surface area contributed by atoms with Gasteiger partial charge in [0.1, 0.15) is 10.8 Å². The van der Waals surface area contributed by atoms with E-state index in [0.29, 0.717) is 34.7 Å². The molecule has 37 heavy (non-hydrogen) atoms. The van der Waals surface area contributed by atoms with Crippen molar-refractivity contribution in [3.8, 4) is 5.75 Å². The average Bonchev–Trinajstić information content (AvgIpc) is 2.88. The minimum Gasteiger partial charge on any atom is -0.492 e. The monoisotopic (exact) mass is 563 g/mol. The summed E-state index contributed by atoms with van der Waals surface area (Å²) in [6.45, 7) is 7.61. The Morgan fingerprint density at radius 1 is 1.08 bits per heavy atom. The SMILES string of the molecule is CCOc1cc(C2CCNCC2)c(Cl)cc1Nc1ncc(Cl)c(Nc2ccccc2S(=O)(=O)C(C)C)n1. The first-order valence-electron chi connectivity index (χ1n) is 12.3. The number of halogens is 2. The lowest BCUT2D eigenvalue weighted by Gasteiger charge is -2.25. The van der Waals surface area contributed by atoms with Crippen LogP contribution in [0.5, 0.6) is 5.75 Å². The van der Waals surface area contributed by atoms with Crippen molar-refractivity contribution < 1.29 is 13.2 Å². The van der Waals surface area contributed by atoms with Gasteiger partial charge in [-0.1, -0.05) is 35.3 Å². The summed E-state index contributed by atoms with van der Waals surface area (Å²) in [5, 5.41) is 9.94. The molecule has 3 aromatic rings. The minimum absolute atomic E-state index is 0.174. The number of anilines is 4. The van der Waals surface area contributed by atoms with Crippen molar-refractivity contribution in [2.75, 3.05) is 30.3 Å². The number of para-hydroxylation sites is 1. The van der Waals surface area contributed by atoms with Gasteiger partial charge in [-0.3, -0.25) is 0 Å². The van der Waals surface area contributed by atoms with E-state index < -0.39 is 15.1 Å². The fraction of sp³-hybridized carbons (Fsp3) is 0.385. The third kappa shape index (κ3) is 6.29. The van der Waals surface area contributed by atoms with E-state index in [1.165, 1.54) is 6.20 Å². The molecule has 0 radical (unpaired) electrons. The molecule has 1 aliphatic heterocycles. The van der Waals surface area contributed by atoms with Crippen LogP contribution in [-0.2, 0) is 9.84 Å². The number of hydrogen-bond donors (Lipinski definition) is 3. The molecule has 2 heterocycles. The lowest BCUT2D eigenvalue weighted by molar-refractivity contribution is 0.341. The fourth-order valence-electron chi connectivity index (χ4n) is 4.22. The van der Waals surface area contributed by atoms with Gasteiger partial charge >= 0.3 is 0 Å². The van der Waals surface area contributed by atoms with Gasteiger partial charge < -0.3 is 20.7 Å². The van der Waals surface area contributed by atoms with Crippen LogP contribution in [0, 0.1) is 0 Å². The van der Waals surface area contributed by atoms with Crippen molar-refractivity contribution >= 4 is 56.2 Å². The largest absolute Gasteiger partial charge is 0.492 e. The van der Waals surface area contributed by atoms with Crippen LogP contribution in [0.15, 0.2) is 47.5 Å². The van der Waals surface area contributed by atoms with Gasteiger partial charge in [0.25, 0.3) is 0 Å². The Hall–Kier alpha value is -2.59. The molecular formula is C26H31Cl2N5O3S. The Balaban J connectivity index is 1.64. The molecule has 11 heteroatoms. The van der Waals surface area contributed by atoms with Gasteiger partial charge in [0.05, 0.1) is 34.3 Å². The molecule has 1 aliphatic rings. The van der Waals surface area contributed by atoms with Crippen molar-refractivity contribution in [1.82, 2.24) is 15.3 Å². The van der Waals surface area contributed by atoms with Crippen LogP contribution in [0.3, 0.4) is 0 Å². The zero-order chi connectivity index (χ0) is 26.6. The molecule has 0 spiro atoms. The molecule has 0 atom stereocenters. The Morgan fingerprint density at radius 3 is 2.51 bits per heavy atom. The second kappa shape index (κ2) is 11.9. The standard InChI is InChI=1S/C26H31Cl2N5O3S/c1-4-36-23-13-18(17-9-11-29-12-10-17)19(27)14-22(23)32-26-30-15-20(28)25(33-26)31-21-7-5-6-8-24(21)37(34,35)16(2)3/h5-8,13-17,29H,4,9-12H2,1-3H3,(H2,30,31,32,33). The molecule has 4 rings (SSSR count). The van der Waals surface area contributed by atoms with Crippen LogP contribution in [0.25, 0.3) is 0 Å². The predicted molar refractivity (Wildman–Crippen MR) is 150 cm³/mol. The van der Waals surface area contributed by atoms with Gasteiger partial charge in [-0.15, -0.1) is 0 Å². The molecule has 3 N–H and O–H groups in total. The Kier molecular flexibility index (Phi) is 8.79. The van der Waals surface area contributed by atoms with Gasteiger partial charge in [-0.2, -0.15) is 4.98 Å². The number of nitrogens with one attached hydrogen (secondary N) is 3. The first-order valence-corrected chi connectivity index (χ1v) is 14.6. The van der Waals surface area contributed by atoms with E-state index in [0.717, 1.165) is 31.5 Å². The van der Waals surface area contributed by atoms with Crippen molar-refractivity contribution in [2.24, 2.45) is 0 Å². The average molecular weight is 565 g/mol. The molecule has 0 bridgehead atoms. The maximum atomic E-state index is 12.9. The molecular weight excluding hydrogens is 533 g/mol. The topological polar surface area (TPSA) is 105 Å². The molecule has 198 valence electrons. The molecule has 0 unspecified atom stereocenters. The lowest BCUT2D eigenvalue weighted by Crippen LogP contribution is -2.26. The second-order valence-electron chi connectivity index (χ2n) is 9.06. The highest BCUT2D eigenvalue weighted by Crippen LogP contribution is 2.39. The van der Waals surface area contributed by atoms with E-state index in [1.54, 1.807) is 38.1 Å². The number of benzene rings is 2. The van der Waals surface area contributed by atoms with Crippen LogP contribution in [0.4, 0.5) is 23.1 Å². The smallest absolute Gasteiger partial charge is 0.229 e. The van der Waals surface area contributed by atoms with E-state index in [-0.39, 0.29) is 21.7 Å². The Labute approximate surface area is 228 Å². The summed E-state index contributed by atoms with van der Waals surface area (Å²) in [5.74, 6) is 1.54. The molecule has 2 aromatic carbocycles. The number of nitrogens with zero attached hydrogens (tertiary/aromatic N) is 2. The van der Waals surface area contributed by atoms with Crippen LogP contribution in [0.1, 0.15) is 45.1 Å². The summed E-state index contributed by atoms with van der Waals surface area (Å²) in [7, 11) is -3.53. The van der Waals surface area contributed by atoms with Crippen LogP contribution in [0.2, 0.25) is 10.0 Å². The third-order valence-electron chi connectivity index (χ3n) is 6.24. The summed E-state index contributed by atoms with van der Waals surface area (Å²) in [6, 6.07) is 10.5. The highest BCUT2D eigenvalue weighted by Gasteiger charge is 2.24. The molecule has 1 aromatic heterocycles. The van der Waals surface area contributed by atoms with Gasteiger partial charge in [0.2, 0.25) is 5.95 Å². The van der Waals surface area contributed by atoms with Crippen molar-refractivity contribution in [3.05, 3.63) is 58.2 Å². The van der Waals surface area contributed by atoms with Crippen LogP contribution < -0.4 is 20.7 Å². The number of hydrogen-bond acceptors (Lipinski definition) is 8. The van der Waals surface area contributed by atoms with Gasteiger partial charge in [0.15, 0.2) is 15.7 Å². The summed E-state index contributed by atoms with van der Waals surface area (Å²) in [4.78, 5) is 8.98. The molecule has 0 saturated carbocycles. The normalized spacial score (nSPS) is 14.5. The van der Waals surface area contributed by atoms with Crippen molar-refractivity contribution in [2.45, 2.75) is 49.7 Å². The van der Waals surface area contributed by atoms with E-state index in [2.05, 4.69) is 25.9 Å². The van der Waals surface area contributed by atoms with Gasteiger partial charge in [-0.25, -0.2) is 13.4 Å². The number of sulfone groups is 1. The van der Waals surface area contributed by atoms with Gasteiger partial charge in [0, 0.05) is 5.02 Å². The highest BCUT2D eigenvalue weighted by molar-refractivity contribution is 7.92. The third-order valence-corrected chi connectivity index (χ3v) is 9.05. The maximum Gasteiger partial charge on any atom is 0.229 e. The number of piperidine rings is 1. The fourth-order valence-corrected chi connectivity index (χ4v) is 5.88. The first-order chi connectivity index (χ1) is 17.7. The molecule has 1 saturated heterocycles. The maximum absolute atomic E-state index is 12.9. The molecule has 8 nitrogen and oxygen atoms in total. The lowest BCUT2D eigenvalue weighted by atomic mass is 9.90. The van der Waals surface area contributed by atoms with Crippen molar-refractivity contribution in [3.63, 3.8) is 0 Å². The number of ether oxygens (including phenoxy) is 1. The van der Waals surface area contributed by atoms with Crippen LogP contribution in [-0.4, -0.2) is 43.3 Å². The summed E-state index contributed by atoms with van der Waals surface area (Å²) >= 11 is 13.1. The zero-order valence-electron chi connectivity index (χ0n) is 21.0. The summed E-state index contributed by atoms with van der Waals surface area (Å²) in [5.41, 5.74) is 2.08. The molecule has 1 fully saturated rings. The van der Waals surface area contributed by atoms with E-state index in [9.17, 15) is 8.42 Å². The minimum atomic E-state index is -3.53. The molecule has 0 aliphatic carbocycles. The van der Waals surface area contributed by atoms with Crippen LogP contribution >= 0.6 is 23.2 Å².